The molecule has 0 spiro atoms. The van der Waals surface area contributed by atoms with Crippen LogP contribution in [-0.2, 0) is 29.9 Å². The van der Waals surface area contributed by atoms with Crippen LogP contribution >= 0.6 is 0 Å². The van der Waals surface area contributed by atoms with E-state index in [1.54, 1.807) is 0 Å². The highest BCUT2D eigenvalue weighted by Crippen LogP contribution is 2.47. The third-order valence-electron chi connectivity index (χ3n) is 7.67. The SMILES string of the molecule is Cn1c(=O)n(C)c2cc(C(=O)NCC(O)(c3cc4c(c(-c5ccc(F)cc5)n3)OC[C@]4(C)C(N)=O)C(F)(F)F)ccc21. The number of carbonyl (C=O) groups is 2. The van der Waals surface area contributed by atoms with Crippen molar-refractivity contribution in [2.75, 3.05) is 13.2 Å². The molecule has 2 amide bonds. The highest BCUT2D eigenvalue weighted by molar-refractivity contribution is 5.97. The zero-order valence-corrected chi connectivity index (χ0v) is 22.5. The third-order valence-corrected chi connectivity index (χ3v) is 7.67. The van der Waals surface area contributed by atoms with Crippen LogP contribution in [0.2, 0.25) is 0 Å². The van der Waals surface area contributed by atoms with Gasteiger partial charge in [0.25, 0.3) is 5.91 Å². The lowest BCUT2D eigenvalue weighted by atomic mass is 9.81. The van der Waals surface area contributed by atoms with Crippen molar-refractivity contribution in [1.29, 1.82) is 0 Å². The fourth-order valence-corrected chi connectivity index (χ4v) is 4.90. The van der Waals surface area contributed by atoms with Crippen LogP contribution in [0.3, 0.4) is 0 Å². The summed E-state index contributed by atoms with van der Waals surface area (Å²) in [6, 6.07) is 9.67. The van der Waals surface area contributed by atoms with Gasteiger partial charge in [-0.3, -0.25) is 18.7 Å². The van der Waals surface area contributed by atoms with Gasteiger partial charge in [0.2, 0.25) is 11.5 Å². The Morgan fingerprint density at radius 3 is 2.36 bits per heavy atom. The predicted molar refractivity (Wildman–Crippen MR) is 142 cm³/mol. The first kappa shape index (κ1) is 28.8. The highest BCUT2D eigenvalue weighted by Gasteiger charge is 2.57. The number of amides is 2. The van der Waals surface area contributed by atoms with Crippen molar-refractivity contribution >= 4 is 22.8 Å². The van der Waals surface area contributed by atoms with Crippen molar-refractivity contribution in [3.05, 3.63) is 81.7 Å². The number of carbonyl (C=O) groups excluding carboxylic acids is 2. The van der Waals surface area contributed by atoms with E-state index in [1.165, 1.54) is 60.5 Å². The van der Waals surface area contributed by atoms with E-state index in [4.69, 9.17) is 10.5 Å². The van der Waals surface area contributed by atoms with Crippen LogP contribution in [0.4, 0.5) is 17.6 Å². The van der Waals surface area contributed by atoms with Gasteiger partial charge in [0.1, 0.15) is 29.3 Å². The third kappa shape index (κ3) is 4.38. The normalized spacial score (nSPS) is 17.9. The summed E-state index contributed by atoms with van der Waals surface area (Å²) in [6.45, 7) is -0.284. The van der Waals surface area contributed by atoms with Gasteiger partial charge in [-0.15, -0.1) is 0 Å². The van der Waals surface area contributed by atoms with E-state index in [0.717, 1.165) is 18.2 Å². The van der Waals surface area contributed by atoms with E-state index in [9.17, 15) is 37.1 Å². The van der Waals surface area contributed by atoms with Gasteiger partial charge < -0.3 is 20.9 Å². The van der Waals surface area contributed by atoms with Gasteiger partial charge in [0.05, 0.1) is 23.3 Å². The number of halogens is 4. The maximum Gasteiger partial charge on any atom is 0.424 e. The number of aryl methyl sites for hydroxylation is 2. The molecule has 10 nitrogen and oxygen atoms in total. The fraction of sp³-hybridized carbons (Fsp3) is 0.286. The number of alkyl halides is 3. The van der Waals surface area contributed by atoms with Crippen molar-refractivity contribution in [1.82, 2.24) is 19.4 Å². The number of aliphatic hydroxyl groups is 1. The first-order valence-electron chi connectivity index (χ1n) is 12.6. The Morgan fingerprint density at radius 1 is 1.10 bits per heavy atom. The Labute approximate surface area is 235 Å². The number of nitrogens with zero attached hydrogens (tertiary/aromatic N) is 3. The van der Waals surface area contributed by atoms with Gasteiger partial charge in [-0.1, -0.05) is 0 Å². The van der Waals surface area contributed by atoms with Crippen LogP contribution in [0, 0.1) is 5.82 Å². The van der Waals surface area contributed by atoms with Gasteiger partial charge >= 0.3 is 11.9 Å². The number of aromatic nitrogens is 3. The molecule has 2 aromatic carbocycles. The Morgan fingerprint density at radius 2 is 1.74 bits per heavy atom. The molecule has 0 fully saturated rings. The second-order valence-electron chi connectivity index (χ2n) is 10.4. The molecule has 4 N–H and O–H groups in total. The monoisotopic (exact) mass is 587 g/mol. The molecule has 1 aliphatic heterocycles. The number of hydrogen-bond donors (Lipinski definition) is 3. The zero-order valence-electron chi connectivity index (χ0n) is 22.5. The number of pyridine rings is 1. The number of imidazole rings is 1. The first-order chi connectivity index (χ1) is 19.6. The van der Waals surface area contributed by atoms with Crippen LogP contribution in [-0.4, -0.2) is 50.4 Å². The lowest BCUT2D eigenvalue weighted by molar-refractivity contribution is -0.265. The molecule has 1 unspecified atom stereocenters. The molecule has 1 aliphatic rings. The molecular weight excluding hydrogens is 562 g/mol. The number of rotatable bonds is 6. The Hall–Kier alpha value is -4.72. The zero-order chi connectivity index (χ0) is 30.8. The predicted octanol–water partition coefficient (Wildman–Crippen LogP) is 2.39. The van der Waals surface area contributed by atoms with Crippen LogP contribution in [0.5, 0.6) is 5.75 Å². The number of nitrogens with one attached hydrogen (secondary N) is 1. The molecule has 0 bridgehead atoms. The van der Waals surface area contributed by atoms with E-state index in [2.05, 4.69) is 10.3 Å². The molecule has 0 saturated heterocycles. The summed E-state index contributed by atoms with van der Waals surface area (Å²) in [6.07, 6.45) is -5.36. The molecule has 2 atom stereocenters. The maximum atomic E-state index is 14.6. The molecule has 42 heavy (non-hydrogen) atoms. The smallest absolute Gasteiger partial charge is 0.424 e. The number of hydrogen-bond acceptors (Lipinski definition) is 6. The summed E-state index contributed by atoms with van der Waals surface area (Å²) in [5.41, 5.74) is -0.307. The summed E-state index contributed by atoms with van der Waals surface area (Å²) in [7, 11) is 3.02. The topological polar surface area (TPSA) is 141 Å². The molecule has 0 aliphatic carbocycles. The molecule has 3 heterocycles. The van der Waals surface area contributed by atoms with Crippen molar-refractivity contribution in [3.8, 4) is 17.0 Å². The number of fused-ring (bicyclic) bond motifs is 2. The minimum Gasteiger partial charge on any atom is -0.489 e. The van der Waals surface area contributed by atoms with Gasteiger partial charge in [0, 0.05) is 30.8 Å². The van der Waals surface area contributed by atoms with E-state index in [-0.39, 0.29) is 40.4 Å². The van der Waals surface area contributed by atoms with Crippen molar-refractivity contribution in [3.63, 3.8) is 0 Å². The molecule has 0 saturated carbocycles. The molecular formula is C28H25F4N5O5. The molecule has 4 aromatic rings. The van der Waals surface area contributed by atoms with Crippen LogP contribution in [0.25, 0.3) is 22.3 Å². The average molecular weight is 588 g/mol. The number of nitrogens with two attached hydrogens (primary N) is 1. The molecule has 0 radical (unpaired) electrons. The van der Waals surface area contributed by atoms with E-state index in [0.29, 0.717) is 11.0 Å². The molecule has 220 valence electrons. The van der Waals surface area contributed by atoms with Crippen molar-refractivity contribution < 1.29 is 37.0 Å². The van der Waals surface area contributed by atoms with Crippen LogP contribution in [0.1, 0.15) is 28.5 Å². The first-order valence-corrected chi connectivity index (χ1v) is 12.6. The summed E-state index contributed by atoms with van der Waals surface area (Å²) >= 11 is 0. The minimum absolute atomic E-state index is 0.0398. The quantitative estimate of drug-likeness (QED) is 0.296. The standard InChI is InChI=1S/C28H25F4N5O5/c1-26(24(33)39)13-42-22-17(26)11-20(35-21(22)14-4-7-16(29)8-5-14)27(41,28(30,31)32)12-34-23(38)15-6-9-18-19(10-15)37(3)25(40)36(18)2/h4-11,41H,12-13H2,1-3H3,(H2,33,39)(H,34,38)/t26-,27?/m0/s1. The Bertz CT molecular complexity index is 1810. The lowest BCUT2D eigenvalue weighted by Crippen LogP contribution is -2.51. The Balaban J connectivity index is 1.59. The van der Waals surface area contributed by atoms with Gasteiger partial charge in [0.15, 0.2) is 0 Å². The fourth-order valence-electron chi connectivity index (χ4n) is 4.90. The second kappa shape index (κ2) is 9.69. The number of primary amides is 1. The highest BCUT2D eigenvalue weighted by atomic mass is 19.4. The molecule has 2 aromatic heterocycles. The Kier molecular flexibility index (Phi) is 6.64. The van der Waals surface area contributed by atoms with Crippen LogP contribution < -0.4 is 21.5 Å². The van der Waals surface area contributed by atoms with Gasteiger partial charge in [-0.2, -0.15) is 13.2 Å². The second-order valence-corrected chi connectivity index (χ2v) is 10.4. The van der Waals surface area contributed by atoms with Crippen molar-refractivity contribution in [2.24, 2.45) is 19.8 Å². The number of ether oxygens (including phenoxy) is 1. The minimum atomic E-state index is -5.36. The lowest BCUT2D eigenvalue weighted by Gasteiger charge is -2.31. The van der Waals surface area contributed by atoms with Crippen molar-refractivity contribution in [2.45, 2.75) is 24.1 Å². The van der Waals surface area contributed by atoms with E-state index >= 15 is 0 Å². The molecule has 14 heteroatoms. The van der Waals surface area contributed by atoms with E-state index < -0.39 is 47.1 Å². The van der Waals surface area contributed by atoms with Crippen LogP contribution in [0.15, 0.2) is 53.3 Å². The van der Waals surface area contributed by atoms with Gasteiger partial charge in [-0.05, 0) is 55.5 Å². The molecule has 5 rings (SSSR count). The van der Waals surface area contributed by atoms with E-state index in [1.807, 2.05) is 0 Å². The summed E-state index contributed by atoms with van der Waals surface area (Å²) in [5.74, 6) is -2.50. The largest absolute Gasteiger partial charge is 0.489 e. The number of benzene rings is 2. The summed E-state index contributed by atoms with van der Waals surface area (Å²) in [4.78, 5) is 41.6. The average Bonchev–Trinajstić information content (AvgIpc) is 3.41. The van der Waals surface area contributed by atoms with Gasteiger partial charge in [-0.25, -0.2) is 14.2 Å². The summed E-state index contributed by atoms with van der Waals surface area (Å²) < 4.78 is 65.6. The summed E-state index contributed by atoms with van der Waals surface area (Å²) in [5, 5.41) is 13.3. The maximum absolute atomic E-state index is 14.6.